The van der Waals surface area contributed by atoms with E-state index in [-0.39, 0.29) is 12.1 Å². The third-order valence-corrected chi connectivity index (χ3v) is 2.49. The van der Waals surface area contributed by atoms with Crippen molar-refractivity contribution in [3.8, 4) is 0 Å². The highest BCUT2D eigenvalue weighted by Gasteiger charge is 2.39. The SMILES string of the molecule is CC(C)(C)OC(=O)NCC(N)C(F)(F)c1ccccc1. The maximum absolute atomic E-state index is 14.0. The summed E-state index contributed by atoms with van der Waals surface area (Å²) in [6, 6.07) is 5.73. The predicted octanol–water partition coefficient (Wildman–Crippen LogP) is 2.63. The summed E-state index contributed by atoms with van der Waals surface area (Å²) in [5.74, 6) is -3.23. The zero-order chi connectivity index (χ0) is 15.4. The molecule has 0 aromatic heterocycles. The van der Waals surface area contributed by atoms with Crippen molar-refractivity contribution in [1.82, 2.24) is 5.32 Å². The van der Waals surface area contributed by atoms with E-state index in [0.717, 1.165) is 0 Å². The van der Waals surface area contributed by atoms with Crippen LogP contribution in [0.5, 0.6) is 0 Å². The summed E-state index contributed by atoms with van der Waals surface area (Å²) >= 11 is 0. The fourth-order valence-electron chi connectivity index (χ4n) is 1.51. The van der Waals surface area contributed by atoms with Crippen molar-refractivity contribution in [2.45, 2.75) is 38.3 Å². The average Bonchev–Trinajstić information content (AvgIpc) is 2.35. The number of halogens is 2. The molecule has 0 aliphatic rings. The van der Waals surface area contributed by atoms with E-state index in [9.17, 15) is 13.6 Å². The van der Waals surface area contributed by atoms with Crippen LogP contribution in [0.4, 0.5) is 13.6 Å². The molecule has 0 aliphatic heterocycles. The number of amides is 1. The first-order valence-corrected chi connectivity index (χ1v) is 6.28. The summed E-state index contributed by atoms with van der Waals surface area (Å²) in [5.41, 5.74) is 4.61. The molecule has 1 amide bonds. The third kappa shape index (κ3) is 4.77. The van der Waals surface area contributed by atoms with Gasteiger partial charge in [-0.15, -0.1) is 0 Å². The molecule has 4 nitrogen and oxygen atoms in total. The first kappa shape index (κ1) is 16.4. The first-order chi connectivity index (χ1) is 9.13. The molecular weight excluding hydrogens is 266 g/mol. The van der Waals surface area contributed by atoms with Gasteiger partial charge in [-0.1, -0.05) is 30.3 Å². The molecule has 0 radical (unpaired) electrons. The number of carbonyl (C=O) groups excluding carboxylic acids is 1. The number of hydrogen-bond donors (Lipinski definition) is 2. The van der Waals surface area contributed by atoms with Crippen LogP contribution in [0.2, 0.25) is 0 Å². The van der Waals surface area contributed by atoms with Crippen LogP contribution in [0.3, 0.4) is 0 Å². The Hall–Kier alpha value is -1.69. The molecule has 0 saturated carbocycles. The van der Waals surface area contributed by atoms with E-state index < -0.39 is 23.7 Å². The molecule has 0 spiro atoms. The molecule has 1 unspecified atom stereocenters. The molecule has 6 heteroatoms. The maximum atomic E-state index is 14.0. The summed E-state index contributed by atoms with van der Waals surface area (Å²) in [5, 5.41) is 2.25. The molecule has 0 heterocycles. The van der Waals surface area contributed by atoms with Gasteiger partial charge in [-0.2, -0.15) is 8.78 Å². The summed E-state index contributed by atoms with van der Waals surface area (Å²) in [7, 11) is 0. The lowest BCUT2D eigenvalue weighted by molar-refractivity contribution is -0.0312. The standard InChI is InChI=1S/C14H20F2N2O2/c1-13(2,3)20-12(19)18-9-11(17)14(15,16)10-7-5-4-6-8-10/h4-8,11H,9,17H2,1-3H3,(H,18,19). The van der Waals surface area contributed by atoms with E-state index in [1.807, 2.05) is 0 Å². The summed E-state index contributed by atoms with van der Waals surface area (Å²) in [6.07, 6.45) is -0.767. The van der Waals surface area contributed by atoms with Crippen molar-refractivity contribution in [1.29, 1.82) is 0 Å². The zero-order valence-electron chi connectivity index (χ0n) is 11.8. The summed E-state index contributed by atoms with van der Waals surface area (Å²) in [6.45, 7) is 4.68. The highest BCUT2D eigenvalue weighted by atomic mass is 19.3. The van der Waals surface area contributed by atoms with Crippen molar-refractivity contribution in [2.24, 2.45) is 5.73 Å². The van der Waals surface area contributed by atoms with E-state index in [0.29, 0.717) is 0 Å². The molecular formula is C14H20F2N2O2. The van der Waals surface area contributed by atoms with Crippen LogP contribution in [-0.2, 0) is 10.7 Å². The van der Waals surface area contributed by atoms with Crippen LogP contribution >= 0.6 is 0 Å². The lowest BCUT2D eigenvalue weighted by Gasteiger charge is -2.25. The van der Waals surface area contributed by atoms with Crippen LogP contribution in [0.25, 0.3) is 0 Å². The number of carbonyl (C=O) groups is 1. The Kier molecular flexibility index (Phi) is 5.05. The second kappa shape index (κ2) is 6.17. The minimum absolute atomic E-state index is 0.182. The van der Waals surface area contributed by atoms with Crippen LogP contribution < -0.4 is 11.1 Å². The normalized spacial score (nSPS) is 13.7. The quantitative estimate of drug-likeness (QED) is 0.894. The number of benzene rings is 1. The second-order valence-electron chi connectivity index (χ2n) is 5.48. The number of nitrogens with two attached hydrogens (primary N) is 1. The Morgan fingerprint density at radius 3 is 2.35 bits per heavy atom. The van der Waals surface area contributed by atoms with E-state index in [4.69, 9.17) is 10.5 Å². The van der Waals surface area contributed by atoms with Crippen molar-refractivity contribution in [3.05, 3.63) is 35.9 Å². The Bertz CT molecular complexity index is 444. The minimum Gasteiger partial charge on any atom is -0.444 e. The Balaban J connectivity index is 2.58. The van der Waals surface area contributed by atoms with Gasteiger partial charge in [0.25, 0.3) is 5.92 Å². The van der Waals surface area contributed by atoms with E-state index in [1.54, 1.807) is 26.8 Å². The molecule has 3 N–H and O–H groups in total. The van der Waals surface area contributed by atoms with Gasteiger partial charge in [0, 0.05) is 12.1 Å². The lowest BCUT2D eigenvalue weighted by Crippen LogP contribution is -2.48. The van der Waals surface area contributed by atoms with Gasteiger partial charge in [-0.25, -0.2) is 4.79 Å². The van der Waals surface area contributed by atoms with Crippen molar-refractivity contribution >= 4 is 6.09 Å². The van der Waals surface area contributed by atoms with Crippen LogP contribution in [-0.4, -0.2) is 24.3 Å². The number of nitrogens with one attached hydrogen (secondary N) is 1. The maximum Gasteiger partial charge on any atom is 0.407 e. The van der Waals surface area contributed by atoms with E-state index in [1.165, 1.54) is 24.3 Å². The summed E-state index contributed by atoms with van der Waals surface area (Å²) < 4.78 is 33.0. The molecule has 0 saturated heterocycles. The molecule has 1 atom stereocenters. The van der Waals surface area contributed by atoms with Gasteiger partial charge in [-0.05, 0) is 20.8 Å². The minimum atomic E-state index is -3.23. The topological polar surface area (TPSA) is 64.3 Å². The van der Waals surface area contributed by atoms with Gasteiger partial charge in [0.1, 0.15) is 5.60 Å². The van der Waals surface area contributed by atoms with Gasteiger partial charge in [0.15, 0.2) is 0 Å². The second-order valence-corrected chi connectivity index (χ2v) is 5.48. The number of alkyl carbamates (subject to hydrolysis) is 1. The molecule has 0 aliphatic carbocycles. The van der Waals surface area contributed by atoms with Crippen molar-refractivity contribution in [3.63, 3.8) is 0 Å². The van der Waals surface area contributed by atoms with Gasteiger partial charge < -0.3 is 15.8 Å². The monoisotopic (exact) mass is 286 g/mol. The highest BCUT2D eigenvalue weighted by Crippen LogP contribution is 2.30. The molecule has 1 aromatic rings. The smallest absolute Gasteiger partial charge is 0.407 e. The Morgan fingerprint density at radius 1 is 1.30 bits per heavy atom. The van der Waals surface area contributed by atoms with Crippen LogP contribution in [0.1, 0.15) is 26.3 Å². The molecule has 112 valence electrons. The molecule has 1 rings (SSSR count). The van der Waals surface area contributed by atoms with E-state index in [2.05, 4.69) is 5.32 Å². The molecule has 0 bridgehead atoms. The Labute approximate surface area is 117 Å². The van der Waals surface area contributed by atoms with Crippen molar-refractivity contribution < 1.29 is 18.3 Å². The lowest BCUT2D eigenvalue weighted by atomic mass is 10.0. The van der Waals surface area contributed by atoms with Crippen LogP contribution in [0.15, 0.2) is 30.3 Å². The summed E-state index contributed by atoms with van der Waals surface area (Å²) in [4.78, 5) is 11.4. The third-order valence-electron chi connectivity index (χ3n) is 2.49. The van der Waals surface area contributed by atoms with Gasteiger partial charge >= 0.3 is 6.09 Å². The number of hydrogen-bond acceptors (Lipinski definition) is 3. The Morgan fingerprint density at radius 2 is 1.85 bits per heavy atom. The number of rotatable bonds is 4. The molecule has 20 heavy (non-hydrogen) atoms. The average molecular weight is 286 g/mol. The largest absolute Gasteiger partial charge is 0.444 e. The van der Waals surface area contributed by atoms with Gasteiger partial charge in [0.05, 0.1) is 6.04 Å². The predicted molar refractivity (Wildman–Crippen MR) is 72.5 cm³/mol. The fraction of sp³-hybridized carbons (Fsp3) is 0.500. The number of alkyl halides is 2. The van der Waals surface area contributed by atoms with E-state index >= 15 is 0 Å². The molecule has 1 aromatic carbocycles. The highest BCUT2D eigenvalue weighted by molar-refractivity contribution is 5.67. The first-order valence-electron chi connectivity index (χ1n) is 6.28. The van der Waals surface area contributed by atoms with Crippen LogP contribution in [0, 0.1) is 0 Å². The van der Waals surface area contributed by atoms with Gasteiger partial charge in [0.2, 0.25) is 0 Å². The number of ether oxygens (including phenoxy) is 1. The fourth-order valence-corrected chi connectivity index (χ4v) is 1.51. The van der Waals surface area contributed by atoms with Crippen molar-refractivity contribution in [2.75, 3.05) is 6.54 Å². The molecule has 0 fully saturated rings. The zero-order valence-corrected chi connectivity index (χ0v) is 11.8. The van der Waals surface area contributed by atoms with Gasteiger partial charge in [-0.3, -0.25) is 0 Å².